The second kappa shape index (κ2) is 8.57. The SMILES string of the molecule is CCN1CCC(N(C)S(=O)(=O)C2CCCN(C(=O)C3CCCC3)C2)CC1. The van der Waals surface area contributed by atoms with Gasteiger partial charge in [0.25, 0.3) is 0 Å². The molecule has 0 bridgehead atoms. The highest BCUT2D eigenvalue weighted by Crippen LogP contribution is 2.30. The molecule has 2 heterocycles. The molecule has 1 unspecified atom stereocenters. The lowest BCUT2D eigenvalue weighted by atomic mass is 10.0. The van der Waals surface area contributed by atoms with Gasteiger partial charge in [-0.25, -0.2) is 12.7 Å². The molecule has 1 atom stereocenters. The summed E-state index contributed by atoms with van der Waals surface area (Å²) in [5.74, 6) is 0.328. The van der Waals surface area contributed by atoms with Crippen molar-refractivity contribution in [3.8, 4) is 0 Å². The highest BCUT2D eigenvalue weighted by molar-refractivity contribution is 7.89. The number of carbonyl (C=O) groups excluding carboxylic acids is 1. The Bertz CT molecular complexity index is 581. The van der Waals surface area contributed by atoms with E-state index in [9.17, 15) is 13.2 Å². The number of hydrogen-bond acceptors (Lipinski definition) is 4. The van der Waals surface area contributed by atoms with Crippen molar-refractivity contribution in [3.05, 3.63) is 0 Å². The van der Waals surface area contributed by atoms with E-state index in [1.165, 1.54) is 0 Å². The molecule has 2 saturated heterocycles. The van der Waals surface area contributed by atoms with Gasteiger partial charge in [-0.1, -0.05) is 19.8 Å². The van der Waals surface area contributed by atoms with E-state index >= 15 is 0 Å². The molecule has 0 aromatic rings. The average Bonchev–Trinajstić information content (AvgIpc) is 3.21. The first-order valence-corrected chi connectivity index (χ1v) is 11.9. The number of hydrogen-bond donors (Lipinski definition) is 0. The van der Waals surface area contributed by atoms with Crippen LogP contribution >= 0.6 is 0 Å². The van der Waals surface area contributed by atoms with E-state index in [1.807, 2.05) is 4.90 Å². The lowest BCUT2D eigenvalue weighted by Gasteiger charge is -2.39. The Morgan fingerprint density at radius 3 is 2.27 bits per heavy atom. The van der Waals surface area contributed by atoms with Gasteiger partial charge >= 0.3 is 0 Å². The first-order valence-electron chi connectivity index (χ1n) is 10.4. The zero-order chi connectivity index (χ0) is 18.7. The maximum atomic E-state index is 13.2. The van der Waals surface area contributed by atoms with E-state index < -0.39 is 15.3 Å². The molecule has 6 nitrogen and oxygen atoms in total. The summed E-state index contributed by atoms with van der Waals surface area (Å²) in [5, 5.41) is -0.434. The van der Waals surface area contributed by atoms with Gasteiger partial charge in [0.15, 0.2) is 0 Å². The van der Waals surface area contributed by atoms with Crippen LogP contribution in [0.15, 0.2) is 0 Å². The van der Waals surface area contributed by atoms with E-state index in [-0.39, 0.29) is 17.9 Å². The summed E-state index contributed by atoms with van der Waals surface area (Å²) in [7, 11) is -1.61. The fraction of sp³-hybridized carbons (Fsp3) is 0.947. The lowest BCUT2D eigenvalue weighted by molar-refractivity contribution is -0.136. The molecular weight excluding hydrogens is 350 g/mol. The Morgan fingerprint density at radius 1 is 1.00 bits per heavy atom. The third-order valence-electron chi connectivity index (χ3n) is 6.74. The molecule has 1 amide bonds. The largest absolute Gasteiger partial charge is 0.341 e. The summed E-state index contributed by atoms with van der Waals surface area (Å²) in [5.41, 5.74) is 0. The van der Waals surface area contributed by atoms with Crippen LogP contribution in [-0.4, -0.2) is 79.5 Å². The number of amides is 1. The maximum absolute atomic E-state index is 13.2. The first-order chi connectivity index (χ1) is 12.4. The smallest absolute Gasteiger partial charge is 0.225 e. The van der Waals surface area contributed by atoms with Crippen molar-refractivity contribution in [1.29, 1.82) is 0 Å². The van der Waals surface area contributed by atoms with E-state index in [0.29, 0.717) is 13.0 Å². The Morgan fingerprint density at radius 2 is 1.65 bits per heavy atom. The fourth-order valence-corrected chi connectivity index (χ4v) is 6.78. The molecule has 0 radical (unpaired) electrons. The second-order valence-corrected chi connectivity index (χ2v) is 10.5. The van der Waals surface area contributed by atoms with Gasteiger partial charge in [-0.3, -0.25) is 4.79 Å². The van der Waals surface area contributed by atoms with Crippen molar-refractivity contribution in [2.45, 2.75) is 69.6 Å². The average molecular weight is 386 g/mol. The Labute approximate surface area is 158 Å². The maximum Gasteiger partial charge on any atom is 0.225 e. The Balaban J connectivity index is 1.61. The third-order valence-corrected chi connectivity index (χ3v) is 9.06. The van der Waals surface area contributed by atoms with Gasteiger partial charge in [0.1, 0.15) is 0 Å². The number of piperidine rings is 2. The number of likely N-dealkylation sites (tertiary alicyclic amines) is 2. The standard InChI is InChI=1S/C19H35N3O3S/c1-3-21-13-10-17(11-14-21)20(2)26(24,25)18-9-6-12-22(15-18)19(23)16-7-4-5-8-16/h16-18H,3-15H2,1-2H3. The molecule has 150 valence electrons. The number of carbonyl (C=O) groups is 1. The molecule has 0 N–H and O–H groups in total. The normalized spacial score (nSPS) is 27.3. The topological polar surface area (TPSA) is 60.9 Å². The van der Waals surface area contributed by atoms with Crippen LogP contribution in [0.4, 0.5) is 0 Å². The minimum absolute atomic E-state index is 0.101. The van der Waals surface area contributed by atoms with Gasteiger partial charge in [0.05, 0.1) is 5.25 Å². The third kappa shape index (κ3) is 4.25. The van der Waals surface area contributed by atoms with E-state index in [0.717, 1.165) is 71.1 Å². The van der Waals surface area contributed by atoms with Crippen LogP contribution in [0.5, 0.6) is 0 Å². The molecule has 0 aromatic carbocycles. The minimum atomic E-state index is -3.35. The van der Waals surface area contributed by atoms with Gasteiger partial charge < -0.3 is 9.80 Å². The van der Waals surface area contributed by atoms with Gasteiger partial charge in [-0.15, -0.1) is 0 Å². The molecule has 2 aliphatic heterocycles. The highest BCUT2D eigenvalue weighted by Gasteiger charge is 2.39. The molecule has 3 fully saturated rings. The zero-order valence-electron chi connectivity index (χ0n) is 16.4. The molecule has 26 heavy (non-hydrogen) atoms. The number of rotatable bonds is 5. The van der Waals surface area contributed by atoms with Crippen LogP contribution in [0.3, 0.4) is 0 Å². The van der Waals surface area contributed by atoms with E-state index in [1.54, 1.807) is 11.4 Å². The van der Waals surface area contributed by atoms with Crippen LogP contribution < -0.4 is 0 Å². The molecule has 0 aromatic heterocycles. The summed E-state index contributed by atoms with van der Waals surface area (Å²) >= 11 is 0. The predicted molar refractivity (Wildman–Crippen MR) is 103 cm³/mol. The van der Waals surface area contributed by atoms with Gasteiger partial charge in [0.2, 0.25) is 15.9 Å². The van der Waals surface area contributed by atoms with Crippen molar-refractivity contribution >= 4 is 15.9 Å². The molecule has 3 aliphatic rings. The van der Waals surface area contributed by atoms with Crippen molar-refractivity contribution in [2.75, 3.05) is 39.8 Å². The van der Waals surface area contributed by atoms with Gasteiger partial charge in [-0.2, -0.15) is 0 Å². The Kier molecular flexibility index (Phi) is 6.62. The summed E-state index contributed by atoms with van der Waals surface area (Å²) in [6, 6.07) is 0.101. The molecule has 0 spiro atoms. The quantitative estimate of drug-likeness (QED) is 0.725. The van der Waals surface area contributed by atoms with E-state index in [2.05, 4.69) is 11.8 Å². The fourth-order valence-electron chi connectivity index (χ4n) is 4.85. The lowest BCUT2D eigenvalue weighted by Crippen LogP contribution is -2.53. The van der Waals surface area contributed by atoms with E-state index in [4.69, 9.17) is 0 Å². The summed E-state index contributed by atoms with van der Waals surface area (Å²) in [6.45, 7) is 6.23. The van der Waals surface area contributed by atoms with Crippen molar-refractivity contribution in [3.63, 3.8) is 0 Å². The number of nitrogens with zero attached hydrogens (tertiary/aromatic N) is 3. The van der Waals surface area contributed by atoms with Crippen LogP contribution in [0.25, 0.3) is 0 Å². The number of sulfonamides is 1. The molecule has 1 saturated carbocycles. The van der Waals surface area contributed by atoms with Crippen molar-refractivity contribution in [1.82, 2.24) is 14.1 Å². The molecule has 1 aliphatic carbocycles. The van der Waals surface area contributed by atoms with Crippen LogP contribution in [0.1, 0.15) is 58.3 Å². The molecule has 7 heteroatoms. The summed E-state index contributed by atoms with van der Waals surface area (Å²) in [4.78, 5) is 16.9. The molecule has 3 rings (SSSR count). The van der Waals surface area contributed by atoms with Crippen LogP contribution in [-0.2, 0) is 14.8 Å². The molecular formula is C19H35N3O3S. The predicted octanol–water partition coefficient (Wildman–Crippen LogP) is 1.91. The second-order valence-electron chi connectivity index (χ2n) is 8.26. The van der Waals surface area contributed by atoms with Crippen LogP contribution in [0, 0.1) is 5.92 Å². The first kappa shape index (κ1) is 20.1. The summed E-state index contributed by atoms with van der Waals surface area (Å²) < 4.78 is 28.0. The van der Waals surface area contributed by atoms with Gasteiger partial charge in [0, 0.05) is 32.1 Å². The Hall–Kier alpha value is -0.660. The summed E-state index contributed by atoms with van der Waals surface area (Å²) in [6.07, 6.45) is 7.49. The minimum Gasteiger partial charge on any atom is -0.341 e. The monoisotopic (exact) mass is 385 g/mol. The highest BCUT2D eigenvalue weighted by atomic mass is 32.2. The van der Waals surface area contributed by atoms with Crippen molar-refractivity contribution < 1.29 is 13.2 Å². The van der Waals surface area contributed by atoms with Crippen LogP contribution in [0.2, 0.25) is 0 Å². The zero-order valence-corrected chi connectivity index (χ0v) is 17.2. The van der Waals surface area contributed by atoms with Gasteiger partial charge in [-0.05, 0) is 58.2 Å². The van der Waals surface area contributed by atoms with Crippen molar-refractivity contribution in [2.24, 2.45) is 5.92 Å².